The van der Waals surface area contributed by atoms with Crippen LogP contribution in [0.5, 0.6) is 5.75 Å². The van der Waals surface area contributed by atoms with Crippen LogP contribution in [0.15, 0.2) is 24.3 Å². The van der Waals surface area contributed by atoms with Gasteiger partial charge < -0.3 is 20.1 Å². The van der Waals surface area contributed by atoms with Gasteiger partial charge in [-0.1, -0.05) is 0 Å². The zero-order chi connectivity index (χ0) is 14.4. The number of methoxy groups -OCH3 is 1. The van der Waals surface area contributed by atoms with Gasteiger partial charge in [-0.25, -0.2) is 4.79 Å². The Bertz CT molecular complexity index is 428. The Morgan fingerprint density at radius 2 is 1.90 bits per heavy atom. The molecule has 1 saturated heterocycles. The number of nitrogens with one attached hydrogen (secondary N) is 1. The van der Waals surface area contributed by atoms with Crippen LogP contribution in [-0.4, -0.2) is 67.4 Å². The summed E-state index contributed by atoms with van der Waals surface area (Å²) < 4.78 is 5.08. The van der Waals surface area contributed by atoms with E-state index in [2.05, 4.69) is 10.2 Å². The number of aliphatic hydroxyl groups excluding tert-OH is 1. The van der Waals surface area contributed by atoms with Crippen LogP contribution in [0.4, 0.5) is 10.5 Å². The Morgan fingerprint density at radius 1 is 1.25 bits per heavy atom. The van der Waals surface area contributed by atoms with E-state index in [1.165, 1.54) is 0 Å². The van der Waals surface area contributed by atoms with E-state index in [-0.39, 0.29) is 12.6 Å². The predicted molar refractivity (Wildman–Crippen MR) is 77.1 cm³/mol. The normalized spacial score (nSPS) is 16.0. The van der Waals surface area contributed by atoms with E-state index in [9.17, 15) is 4.79 Å². The third-order valence-electron chi connectivity index (χ3n) is 3.42. The number of anilines is 1. The molecule has 0 aromatic heterocycles. The first-order valence-corrected chi connectivity index (χ1v) is 6.76. The van der Waals surface area contributed by atoms with Crippen LogP contribution < -0.4 is 10.1 Å². The van der Waals surface area contributed by atoms with Crippen molar-refractivity contribution in [2.75, 3.05) is 51.8 Å². The molecule has 1 fully saturated rings. The summed E-state index contributed by atoms with van der Waals surface area (Å²) in [6, 6.07) is 7.18. The average Bonchev–Trinajstić information content (AvgIpc) is 2.49. The van der Waals surface area contributed by atoms with E-state index in [1.54, 1.807) is 12.0 Å². The van der Waals surface area contributed by atoms with Gasteiger partial charge in [0.1, 0.15) is 5.75 Å². The van der Waals surface area contributed by atoms with Crippen LogP contribution in [0.3, 0.4) is 0 Å². The highest BCUT2D eigenvalue weighted by Gasteiger charge is 2.20. The second kappa shape index (κ2) is 7.12. The molecule has 0 bridgehead atoms. The number of benzene rings is 1. The molecule has 110 valence electrons. The molecule has 0 saturated carbocycles. The highest BCUT2D eigenvalue weighted by molar-refractivity contribution is 5.89. The summed E-state index contributed by atoms with van der Waals surface area (Å²) in [4.78, 5) is 16.0. The summed E-state index contributed by atoms with van der Waals surface area (Å²) >= 11 is 0. The number of nitrogens with zero attached hydrogens (tertiary/aromatic N) is 2. The number of carbonyl (C=O) groups excluding carboxylic acids is 1. The van der Waals surface area contributed by atoms with Crippen molar-refractivity contribution in [3.8, 4) is 5.75 Å². The maximum atomic E-state index is 12.1. The average molecular weight is 279 g/mol. The lowest BCUT2D eigenvalue weighted by Crippen LogP contribution is -2.50. The van der Waals surface area contributed by atoms with Gasteiger partial charge in [0.25, 0.3) is 0 Å². The third kappa shape index (κ3) is 3.85. The first-order valence-electron chi connectivity index (χ1n) is 6.76. The Balaban J connectivity index is 1.83. The number of hydrogen-bond acceptors (Lipinski definition) is 4. The van der Waals surface area contributed by atoms with E-state index in [1.807, 2.05) is 24.3 Å². The summed E-state index contributed by atoms with van der Waals surface area (Å²) in [6.45, 7) is 3.81. The van der Waals surface area contributed by atoms with Gasteiger partial charge in [-0.05, 0) is 24.3 Å². The van der Waals surface area contributed by atoms with Crippen molar-refractivity contribution >= 4 is 11.7 Å². The molecular formula is C14H21N3O3. The minimum atomic E-state index is -0.0844. The smallest absolute Gasteiger partial charge is 0.321 e. The molecule has 1 aliphatic rings. The van der Waals surface area contributed by atoms with E-state index >= 15 is 0 Å². The van der Waals surface area contributed by atoms with Gasteiger partial charge in [0.2, 0.25) is 0 Å². The molecule has 1 aromatic carbocycles. The van der Waals surface area contributed by atoms with E-state index in [4.69, 9.17) is 9.84 Å². The molecule has 0 spiro atoms. The lowest BCUT2D eigenvalue weighted by atomic mass is 10.3. The van der Waals surface area contributed by atoms with Crippen LogP contribution in [0, 0.1) is 0 Å². The number of aliphatic hydroxyl groups is 1. The zero-order valence-corrected chi connectivity index (χ0v) is 11.7. The maximum Gasteiger partial charge on any atom is 0.321 e. The summed E-state index contributed by atoms with van der Waals surface area (Å²) in [5.41, 5.74) is 0.758. The molecule has 2 rings (SSSR count). The first kappa shape index (κ1) is 14.6. The number of β-amino-alcohol motifs (C(OH)–C–C–N with tert-alkyl or cyclic N) is 1. The monoisotopic (exact) mass is 279 g/mol. The number of amides is 2. The molecule has 1 heterocycles. The van der Waals surface area contributed by atoms with Crippen molar-refractivity contribution < 1.29 is 14.6 Å². The lowest BCUT2D eigenvalue weighted by Gasteiger charge is -2.34. The van der Waals surface area contributed by atoms with Crippen LogP contribution in [-0.2, 0) is 0 Å². The van der Waals surface area contributed by atoms with Crippen molar-refractivity contribution in [2.45, 2.75) is 0 Å². The van der Waals surface area contributed by atoms with Crippen molar-refractivity contribution in [3.63, 3.8) is 0 Å². The number of piperazine rings is 1. The molecule has 6 nitrogen and oxygen atoms in total. The molecule has 2 amide bonds. The Morgan fingerprint density at radius 3 is 2.45 bits per heavy atom. The van der Waals surface area contributed by atoms with Gasteiger partial charge in [0, 0.05) is 38.4 Å². The summed E-state index contributed by atoms with van der Waals surface area (Å²) in [7, 11) is 1.61. The fraction of sp³-hybridized carbons (Fsp3) is 0.500. The molecule has 0 unspecified atom stereocenters. The second-order valence-corrected chi connectivity index (χ2v) is 4.71. The largest absolute Gasteiger partial charge is 0.497 e. The van der Waals surface area contributed by atoms with Crippen LogP contribution in [0.1, 0.15) is 0 Å². The van der Waals surface area contributed by atoms with Gasteiger partial charge in [-0.2, -0.15) is 0 Å². The van der Waals surface area contributed by atoms with E-state index in [0.29, 0.717) is 19.6 Å². The Kier molecular flexibility index (Phi) is 5.20. The van der Waals surface area contributed by atoms with Crippen LogP contribution in [0.2, 0.25) is 0 Å². The molecule has 0 atom stereocenters. The molecule has 2 N–H and O–H groups in total. The zero-order valence-electron chi connectivity index (χ0n) is 11.7. The van der Waals surface area contributed by atoms with Crippen molar-refractivity contribution in [1.29, 1.82) is 0 Å². The summed E-state index contributed by atoms with van der Waals surface area (Å²) in [6.07, 6.45) is 0. The lowest BCUT2D eigenvalue weighted by molar-refractivity contribution is 0.127. The summed E-state index contributed by atoms with van der Waals surface area (Å²) in [5.74, 6) is 0.764. The Hall–Kier alpha value is -1.79. The Labute approximate surface area is 118 Å². The minimum Gasteiger partial charge on any atom is -0.497 e. The highest BCUT2D eigenvalue weighted by atomic mass is 16.5. The highest BCUT2D eigenvalue weighted by Crippen LogP contribution is 2.15. The van der Waals surface area contributed by atoms with E-state index in [0.717, 1.165) is 24.5 Å². The van der Waals surface area contributed by atoms with Gasteiger partial charge in [-0.3, -0.25) is 4.90 Å². The summed E-state index contributed by atoms with van der Waals surface area (Å²) in [5, 5.41) is 11.8. The molecule has 0 radical (unpaired) electrons. The standard InChI is InChI=1S/C14H21N3O3/c1-20-13-4-2-12(3-5-13)15-14(19)17-8-6-16(7-9-17)10-11-18/h2-5,18H,6-11H2,1H3,(H,15,19). The van der Waals surface area contributed by atoms with Crippen LogP contribution in [0.25, 0.3) is 0 Å². The van der Waals surface area contributed by atoms with Crippen molar-refractivity contribution in [3.05, 3.63) is 24.3 Å². The maximum absolute atomic E-state index is 12.1. The molecule has 1 aromatic rings. The predicted octanol–water partition coefficient (Wildman–Crippen LogP) is 0.837. The first-order chi connectivity index (χ1) is 9.72. The fourth-order valence-corrected chi connectivity index (χ4v) is 2.19. The third-order valence-corrected chi connectivity index (χ3v) is 3.42. The topological polar surface area (TPSA) is 65.0 Å². The number of ether oxygens (including phenoxy) is 1. The number of hydrogen-bond donors (Lipinski definition) is 2. The van der Waals surface area contributed by atoms with Gasteiger partial charge in [0.15, 0.2) is 0 Å². The van der Waals surface area contributed by atoms with Crippen LogP contribution >= 0.6 is 0 Å². The second-order valence-electron chi connectivity index (χ2n) is 4.71. The quantitative estimate of drug-likeness (QED) is 0.857. The molecule has 20 heavy (non-hydrogen) atoms. The minimum absolute atomic E-state index is 0.0844. The molecule has 0 aliphatic carbocycles. The number of rotatable bonds is 4. The van der Waals surface area contributed by atoms with Gasteiger partial charge >= 0.3 is 6.03 Å². The molecule has 1 aliphatic heterocycles. The van der Waals surface area contributed by atoms with Crippen molar-refractivity contribution in [1.82, 2.24) is 9.80 Å². The van der Waals surface area contributed by atoms with Gasteiger partial charge in [0.05, 0.1) is 13.7 Å². The number of carbonyl (C=O) groups is 1. The fourth-order valence-electron chi connectivity index (χ4n) is 2.19. The molecular weight excluding hydrogens is 258 g/mol. The van der Waals surface area contributed by atoms with E-state index < -0.39 is 0 Å². The SMILES string of the molecule is COc1ccc(NC(=O)N2CCN(CCO)CC2)cc1. The molecule has 6 heteroatoms. The van der Waals surface area contributed by atoms with Crippen molar-refractivity contribution in [2.24, 2.45) is 0 Å². The van der Waals surface area contributed by atoms with Gasteiger partial charge in [-0.15, -0.1) is 0 Å². The number of urea groups is 1.